The summed E-state index contributed by atoms with van der Waals surface area (Å²) in [7, 11) is -3.79. The molecule has 0 saturated carbocycles. The number of sulfonamides is 1. The van der Waals surface area contributed by atoms with Gasteiger partial charge in [-0.1, -0.05) is 18.0 Å². The number of amides is 1. The van der Waals surface area contributed by atoms with E-state index in [9.17, 15) is 22.0 Å². The third-order valence-electron chi connectivity index (χ3n) is 4.62. The lowest BCUT2D eigenvalue weighted by atomic mass is 10.0. The Morgan fingerprint density at radius 1 is 1.14 bits per heavy atom. The van der Waals surface area contributed by atoms with Crippen molar-refractivity contribution in [2.45, 2.75) is 36.6 Å². The Bertz CT molecular complexity index is 968. The van der Waals surface area contributed by atoms with Crippen molar-refractivity contribution in [3.63, 3.8) is 0 Å². The summed E-state index contributed by atoms with van der Waals surface area (Å²) in [5.74, 6) is -2.17. The molecule has 1 saturated heterocycles. The molecule has 28 heavy (non-hydrogen) atoms. The van der Waals surface area contributed by atoms with Crippen LogP contribution in [0, 0.1) is 11.6 Å². The third kappa shape index (κ3) is 4.68. The first kappa shape index (κ1) is 20.7. The molecular formula is C19H19ClF2N2O3S. The summed E-state index contributed by atoms with van der Waals surface area (Å²) in [5.41, 5.74) is -0.144. The summed E-state index contributed by atoms with van der Waals surface area (Å²) in [4.78, 5) is 12.5. The van der Waals surface area contributed by atoms with Crippen LogP contribution in [-0.4, -0.2) is 31.2 Å². The van der Waals surface area contributed by atoms with Crippen LogP contribution in [-0.2, 0) is 14.8 Å². The van der Waals surface area contributed by atoms with Gasteiger partial charge in [-0.05, 0) is 49.2 Å². The van der Waals surface area contributed by atoms with Crippen molar-refractivity contribution in [3.8, 4) is 0 Å². The normalized spacial score (nSPS) is 18.0. The molecule has 3 rings (SSSR count). The number of rotatable bonds is 5. The highest BCUT2D eigenvalue weighted by Gasteiger charge is 2.34. The Kier molecular flexibility index (Phi) is 6.32. The molecule has 0 spiro atoms. The molecule has 0 unspecified atom stereocenters. The molecule has 1 aliphatic rings. The van der Waals surface area contributed by atoms with E-state index in [1.165, 1.54) is 28.6 Å². The molecule has 1 atom stereocenters. The molecule has 1 fully saturated rings. The van der Waals surface area contributed by atoms with Crippen molar-refractivity contribution >= 4 is 33.2 Å². The number of carbonyl (C=O) groups excluding carboxylic acids is 1. The number of anilines is 1. The summed E-state index contributed by atoms with van der Waals surface area (Å²) >= 11 is 5.83. The third-order valence-corrected chi connectivity index (χ3v) is 6.84. The number of hydrogen-bond donors (Lipinski definition) is 1. The summed E-state index contributed by atoms with van der Waals surface area (Å²) in [6.07, 6.45) is 1.88. The predicted molar refractivity (Wildman–Crippen MR) is 103 cm³/mol. The van der Waals surface area contributed by atoms with Gasteiger partial charge in [-0.2, -0.15) is 4.31 Å². The Morgan fingerprint density at radius 2 is 1.86 bits per heavy atom. The maximum absolute atomic E-state index is 13.7. The van der Waals surface area contributed by atoms with Crippen LogP contribution < -0.4 is 5.32 Å². The lowest BCUT2D eigenvalue weighted by Crippen LogP contribution is -2.45. The zero-order chi connectivity index (χ0) is 20.3. The van der Waals surface area contributed by atoms with Crippen LogP contribution in [0.2, 0.25) is 5.02 Å². The lowest BCUT2D eigenvalue weighted by molar-refractivity contribution is -0.117. The Hall–Kier alpha value is -2.03. The van der Waals surface area contributed by atoms with E-state index >= 15 is 0 Å². The molecule has 150 valence electrons. The summed E-state index contributed by atoms with van der Waals surface area (Å²) < 4.78 is 54.0. The van der Waals surface area contributed by atoms with Gasteiger partial charge in [-0.3, -0.25) is 4.79 Å². The van der Waals surface area contributed by atoms with Gasteiger partial charge in [0.25, 0.3) is 0 Å². The maximum Gasteiger partial charge on any atom is 0.243 e. The molecule has 1 N–H and O–H groups in total. The molecule has 2 aromatic carbocycles. The average Bonchev–Trinajstić information content (AvgIpc) is 2.65. The first-order chi connectivity index (χ1) is 13.3. The summed E-state index contributed by atoms with van der Waals surface area (Å²) in [6.45, 7) is 0.299. The van der Waals surface area contributed by atoms with Gasteiger partial charge in [0.2, 0.25) is 15.9 Å². The molecule has 0 radical (unpaired) electrons. The second-order valence-corrected chi connectivity index (χ2v) is 8.92. The van der Waals surface area contributed by atoms with Crippen LogP contribution >= 0.6 is 11.6 Å². The molecule has 2 aromatic rings. The second kappa shape index (κ2) is 8.55. The van der Waals surface area contributed by atoms with Crippen LogP contribution in [0.3, 0.4) is 0 Å². The molecule has 0 bridgehead atoms. The van der Waals surface area contributed by atoms with Crippen molar-refractivity contribution in [1.82, 2.24) is 4.31 Å². The Morgan fingerprint density at radius 3 is 2.54 bits per heavy atom. The largest absolute Gasteiger partial charge is 0.324 e. The minimum absolute atomic E-state index is 0.105. The number of hydrogen-bond acceptors (Lipinski definition) is 3. The standard InChI is InChI=1S/C19H19ClF2N2O3S/c20-13-4-7-16(8-5-13)28(26,27)24-10-2-1-3-15(24)12-19(25)23-18-9-6-14(21)11-17(18)22/h4-9,11,15H,1-3,10,12H2,(H,23,25)/t15-/m0/s1. The molecule has 1 aliphatic heterocycles. The van der Waals surface area contributed by atoms with Crippen molar-refractivity contribution in [2.75, 3.05) is 11.9 Å². The summed E-state index contributed by atoms with van der Waals surface area (Å²) in [5, 5.41) is 2.81. The topological polar surface area (TPSA) is 66.5 Å². The van der Waals surface area contributed by atoms with Crippen molar-refractivity contribution in [2.24, 2.45) is 0 Å². The quantitative estimate of drug-likeness (QED) is 0.776. The van der Waals surface area contributed by atoms with Gasteiger partial charge in [0.05, 0.1) is 10.6 Å². The minimum atomic E-state index is -3.79. The fourth-order valence-corrected chi connectivity index (χ4v) is 5.06. The SMILES string of the molecule is O=C(C[C@@H]1CCCCN1S(=O)(=O)c1ccc(Cl)cc1)Nc1ccc(F)cc1F. The Labute approximate surface area is 167 Å². The van der Waals surface area contributed by atoms with E-state index in [4.69, 9.17) is 11.6 Å². The van der Waals surface area contributed by atoms with Crippen molar-refractivity contribution < 1.29 is 22.0 Å². The van der Waals surface area contributed by atoms with E-state index in [1.807, 2.05) is 0 Å². The first-order valence-electron chi connectivity index (χ1n) is 8.79. The predicted octanol–water partition coefficient (Wildman–Crippen LogP) is 4.19. The van der Waals surface area contributed by atoms with Crippen LogP contribution in [0.1, 0.15) is 25.7 Å². The van der Waals surface area contributed by atoms with E-state index < -0.39 is 33.6 Å². The van der Waals surface area contributed by atoms with Crippen molar-refractivity contribution in [1.29, 1.82) is 0 Å². The van der Waals surface area contributed by atoms with Crippen LogP contribution in [0.15, 0.2) is 47.4 Å². The van der Waals surface area contributed by atoms with Gasteiger partial charge >= 0.3 is 0 Å². The van der Waals surface area contributed by atoms with Gasteiger partial charge in [-0.25, -0.2) is 17.2 Å². The van der Waals surface area contributed by atoms with Gasteiger partial charge < -0.3 is 5.32 Å². The zero-order valence-electron chi connectivity index (χ0n) is 14.9. The molecule has 0 aliphatic carbocycles. The smallest absolute Gasteiger partial charge is 0.243 e. The van der Waals surface area contributed by atoms with E-state index in [2.05, 4.69) is 5.32 Å². The molecular weight excluding hydrogens is 410 g/mol. The fourth-order valence-electron chi connectivity index (χ4n) is 3.24. The van der Waals surface area contributed by atoms with E-state index in [-0.39, 0.29) is 17.0 Å². The van der Waals surface area contributed by atoms with Gasteiger partial charge in [0.1, 0.15) is 11.6 Å². The first-order valence-corrected chi connectivity index (χ1v) is 10.6. The van der Waals surface area contributed by atoms with Crippen LogP contribution in [0.4, 0.5) is 14.5 Å². The number of nitrogens with zero attached hydrogens (tertiary/aromatic N) is 1. The van der Waals surface area contributed by atoms with E-state index in [0.29, 0.717) is 30.5 Å². The number of benzene rings is 2. The van der Waals surface area contributed by atoms with E-state index in [0.717, 1.165) is 18.6 Å². The number of nitrogens with one attached hydrogen (secondary N) is 1. The van der Waals surface area contributed by atoms with E-state index in [1.54, 1.807) is 0 Å². The molecule has 1 amide bonds. The number of piperidine rings is 1. The van der Waals surface area contributed by atoms with Crippen LogP contribution in [0.5, 0.6) is 0 Å². The highest BCUT2D eigenvalue weighted by atomic mass is 35.5. The molecule has 9 heteroatoms. The van der Waals surface area contributed by atoms with Gasteiger partial charge in [0, 0.05) is 30.1 Å². The highest BCUT2D eigenvalue weighted by Crippen LogP contribution is 2.28. The molecule has 0 aromatic heterocycles. The molecule has 5 nitrogen and oxygen atoms in total. The van der Waals surface area contributed by atoms with Gasteiger partial charge in [-0.15, -0.1) is 0 Å². The fraction of sp³-hybridized carbons (Fsp3) is 0.316. The summed E-state index contributed by atoms with van der Waals surface area (Å²) in [6, 6.07) is 8.15. The van der Waals surface area contributed by atoms with Crippen LogP contribution in [0.25, 0.3) is 0 Å². The van der Waals surface area contributed by atoms with Crippen molar-refractivity contribution in [3.05, 3.63) is 59.1 Å². The average molecular weight is 429 g/mol. The number of halogens is 3. The number of carbonyl (C=O) groups is 1. The zero-order valence-corrected chi connectivity index (χ0v) is 16.4. The monoisotopic (exact) mass is 428 g/mol. The van der Waals surface area contributed by atoms with Gasteiger partial charge in [0.15, 0.2) is 0 Å². The second-order valence-electron chi connectivity index (χ2n) is 6.60. The maximum atomic E-state index is 13.7. The molecule has 1 heterocycles. The minimum Gasteiger partial charge on any atom is -0.324 e. The highest BCUT2D eigenvalue weighted by molar-refractivity contribution is 7.89. The lowest BCUT2D eigenvalue weighted by Gasteiger charge is -2.34. The Balaban J connectivity index is 1.75.